The summed E-state index contributed by atoms with van der Waals surface area (Å²) in [7, 11) is 0. The molecule has 1 aliphatic heterocycles. The van der Waals surface area contributed by atoms with Gasteiger partial charge < -0.3 is 14.3 Å². The van der Waals surface area contributed by atoms with Crippen molar-refractivity contribution < 1.29 is 14.3 Å². The number of rotatable bonds is 3. The van der Waals surface area contributed by atoms with Crippen molar-refractivity contribution >= 4 is 28.3 Å². The van der Waals surface area contributed by atoms with Gasteiger partial charge in [0.2, 0.25) is 0 Å². The van der Waals surface area contributed by atoms with E-state index in [0.29, 0.717) is 11.2 Å². The van der Waals surface area contributed by atoms with Crippen molar-refractivity contribution in [1.29, 1.82) is 0 Å². The van der Waals surface area contributed by atoms with Gasteiger partial charge in [-0.15, -0.1) is 0 Å². The number of benzene rings is 2. The lowest BCUT2D eigenvalue weighted by atomic mass is 9.98. The van der Waals surface area contributed by atoms with Crippen LogP contribution in [0.3, 0.4) is 0 Å². The van der Waals surface area contributed by atoms with Crippen molar-refractivity contribution in [2.75, 3.05) is 6.61 Å². The number of fused-ring (bicyclic) bond motifs is 3. The van der Waals surface area contributed by atoms with E-state index in [9.17, 15) is 9.90 Å². The standard InChI is InChI=1S/C21H18O4S/c1-12-4-6-16(13(2)10-12)24-11-21(23)14(3)20-15-5-9-19(22)25-17(15)7-8-18(20)26-21/h4-10,23H,3,11H2,1-2H3. The lowest BCUT2D eigenvalue weighted by Gasteiger charge is -2.24. The second-order valence-corrected chi connectivity index (χ2v) is 7.85. The zero-order valence-electron chi connectivity index (χ0n) is 14.5. The van der Waals surface area contributed by atoms with Crippen LogP contribution in [-0.4, -0.2) is 16.6 Å². The van der Waals surface area contributed by atoms with E-state index >= 15 is 0 Å². The molecule has 1 unspecified atom stereocenters. The van der Waals surface area contributed by atoms with E-state index in [1.807, 2.05) is 38.1 Å². The molecule has 1 N–H and O–H groups in total. The smallest absolute Gasteiger partial charge is 0.336 e. The van der Waals surface area contributed by atoms with Gasteiger partial charge in [0.25, 0.3) is 0 Å². The molecule has 0 bridgehead atoms. The van der Waals surface area contributed by atoms with Crippen molar-refractivity contribution in [2.24, 2.45) is 0 Å². The van der Waals surface area contributed by atoms with Crippen LogP contribution in [-0.2, 0) is 0 Å². The van der Waals surface area contributed by atoms with Crippen molar-refractivity contribution in [3.8, 4) is 5.75 Å². The zero-order valence-corrected chi connectivity index (χ0v) is 15.4. The van der Waals surface area contributed by atoms with Gasteiger partial charge in [-0.3, -0.25) is 0 Å². The van der Waals surface area contributed by atoms with Crippen LogP contribution < -0.4 is 10.4 Å². The fourth-order valence-corrected chi connectivity index (χ4v) is 4.40. The number of aliphatic hydroxyl groups is 1. The topological polar surface area (TPSA) is 59.7 Å². The summed E-state index contributed by atoms with van der Waals surface area (Å²) in [5, 5.41) is 11.9. The number of thioether (sulfide) groups is 1. The molecule has 132 valence electrons. The summed E-state index contributed by atoms with van der Waals surface area (Å²) >= 11 is 1.31. The fraction of sp³-hybridized carbons (Fsp3) is 0.190. The van der Waals surface area contributed by atoms with Crippen LogP contribution in [0.15, 0.2) is 63.2 Å². The molecule has 0 fully saturated rings. The summed E-state index contributed by atoms with van der Waals surface area (Å²) in [6.45, 7) is 8.18. The number of aryl methyl sites for hydroxylation is 2. The van der Waals surface area contributed by atoms with Gasteiger partial charge in [0, 0.05) is 21.9 Å². The number of ether oxygens (including phenoxy) is 1. The highest BCUT2D eigenvalue weighted by molar-refractivity contribution is 8.01. The first-order chi connectivity index (χ1) is 12.4. The third-order valence-corrected chi connectivity index (χ3v) is 5.83. The highest BCUT2D eigenvalue weighted by Gasteiger charge is 2.42. The fourth-order valence-electron chi connectivity index (χ4n) is 3.22. The molecule has 5 heteroatoms. The molecule has 2 heterocycles. The summed E-state index contributed by atoms with van der Waals surface area (Å²) in [4.78, 5) is 11.1. The Labute approximate surface area is 155 Å². The third kappa shape index (κ3) is 2.73. The van der Waals surface area contributed by atoms with Gasteiger partial charge >= 0.3 is 5.63 Å². The monoisotopic (exact) mass is 366 g/mol. The first-order valence-electron chi connectivity index (χ1n) is 8.25. The molecule has 4 rings (SSSR count). The van der Waals surface area contributed by atoms with Crippen molar-refractivity contribution in [3.63, 3.8) is 0 Å². The van der Waals surface area contributed by atoms with E-state index in [1.54, 1.807) is 12.1 Å². The summed E-state index contributed by atoms with van der Waals surface area (Å²) in [6.07, 6.45) is 0. The van der Waals surface area contributed by atoms with Crippen LogP contribution in [0.2, 0.25) is 0 Å². The van der Waals surface area contributed by atoms with E-state index in [2.05, 4.69) is 6.58 Å². The molecule has 2 aromatic carbocycles. The van der Waals surface area contributed by atoms with E-state index in [4.69, 9.17) is 9.15 Å². The van der Waals surface area contributed by atoms with Crippen LogP contribution in [0, 0.1) is 13.8 Å². The Balaban J connectivity index is 1.66. The summed E-state index contributed by atoms with van der Waals surface area (Å²) in [5.74, 6) is 0.740. The van der Waals surface area contributed by atoms with Crippen LogP contribution in [0.25, 0.3) is 16.5 Å². The second kappa shape index (κ2) is 6.04. The SMILES string of the molecule is C=C1c2c(ccc3oc(=O)ccc23)SC1(O)COc1ccc(C)cc1C. The maximum Gasteiger partial charge on any atom is 0.336 e. The van der Waals surface area contributed by atoms with Crippen LogP contribution in [0.1, 0.15) is 16.7 Å². The zero-order chi connectivity index (χ0) is 18.5. The Morgan fingerprint density at radius 2 is 2.00 bits per heavy atom. The van der Waals surface area contributed by atoms with Gasteiger partial charge in [-0.1, -0.05) is 36.0 Å². The minimum absolute atomic E-state index is 0.0767. The first kappa shape index (κ1) is 16.9. The molecule has 0 saturated carbocycles. The van der Waals surface area contributed by atoms with Crippen molar-refractivity contribution in [3.05, 3.63) is 76.2 Å². The molecule has 3 aromatic rings. The molecule has 1 atom stereocenters. The first-order valence-corrected chi connectivity index (χ1v) is 9.07. The molecule has 26 heavy (non-hydrogen) atoms. The van der Waals surface area contributed by atoms with Gasteiger partial charge in [-0.25, -0.2) is 4.79 Å². The Morgan fingerprint density at radius 3 is 2.77 bits per heavy atom. The predicted octanol–water partition coefficient (Wildman–Crippen LogP) is 4.30. The summed E-state index contributed by atoms with van der Waals surface area (Å²) in [6, 6.07) is 12.6. The molecule has 0 spiro atoms. The van der Waals surface area contributed by atoms with E-state index in [1.165, 1.54) is 17.8 Å². The lowest BCUT2D eigenvalue weighted by Crippen LogP contribution is -2.30. The van der Waals surface area contributed by atoms with E-state index in [-0.39, 0.29) is 6.61 Å². The normalized spacial score (nSPS) is 19.0. The van der Waals surface area contributed by atoms with Gasteiger partial charge in [0.15, 0.2) is 4.93 Å². The summed E-state index contributed by atoms with van der Waals surface area (Å²) in [5.41, 5.74) is 3.63. The number of hydrogen-bond acceptors (Lipinski definition) is 5. The second-order valence-electron chi connectivity index (χ2n) is 6.53. The van der Waals surface area contributed by atoms with Crippen molar-refractivity contribution in [2.45, 2.75) is 23.7 Å². The lowest BCUT2D eigenvalue weighted by molar-refractivity contribution is 0.125. The molecule has 0 aliphatic carbocycles. The molecule has 0 saturated heterocycles. The van der Waals surface area contributed by atoms with E-state index in [0.717, 1.165) is 32.7 Å². The highest BCUT2D eigenvalue weighted by atomic mass is 32.2. The Kier molecular flexibility index (Phi) is 3.93. The molecule has 4 nitrogen and oxygen atoms in total. The van der Waals surface area contributed by atoms with Crippen LogP contribution in [0.5, 0.6) is 5.75 Å². The van der Waals surface area contributed by atoms with Gasteiger partial charge in [-0.05, 0) is 49.2 Å². The number of hydrogen-bond donors (Lipinski definition) is 1. The highest BCUT2D eigenvalue weighted by Crippen LogP contribution is 2.52. The molecule has 0 radical (unpaired) electrons. The average Bonchev–Trinajstić information content (AvgIpc) is 2.85. The van der Waals surface area contributed by atoms with E-state index < -0.39 is 10.6 Å². The molecule has 1 aliphatic rings. The summed E-state index contributed by atoms with van der Waals surface area (Å²) < 4.78 is 11.1. The maximum absolute atomic E-state index is 11.4. The van der Waals surface area contributed by atoms with Gasteiger partial charge in [0.1, 0.15) is 17.9 Å². The molecule has 0 amide bonds. The third-order valence-electron chi connectivity index (χ3n) is 4.57. The molecular weight excluding hydrogens is 348 g/mol. The Morgan fingerprint density at radius 1 is 1.19 bits per heavy atom. The van der Waals surface area contributed by atoms with Crippen LogP contribution in [0.4, 0.5) is 0 Å². The minimum atomic E-state index is -1.27. The Hall–Kier alpha value is -2.50. The average molecular weight is 366 g/mol. The maximum atomic E-state index is 11.4. The van der Waals surface area contributed by atoms with Crippen LogP contribution >= 0.6 is 11.8 Å². The minimum Gasteiger partial charge on any atom is -0.489 e. The quantitative estimate of drug-likeness (QED) is 0.701. The predicted molar refractivity (Wildman–Crippen MR) is 104 cm³/mol. The largest absolute Gasteiger partial charge is 0.489 e. The van der Waals surface area contributed by atoms with Gasteiger partial charge in [-0.2, -0.15) is 0 Å². The Bertz CT molecular complexity index is 1100. The molecular formula is C21H18O4S. The van der Waals surface area contributed by atoms with Crippen molar-refractivity contribution in [1.82, 2.24) is 0 Å². The van der Waals surface area contributed by atoms with Gasteiger partial charge in [0.05, 0.1) is 0 Å². The molecule has 1 aromatic heterocycles.